The van der Waals surface area contributed by atoms with Crippen molar-refractivity contribution >= 4 is 17.9 Å². The average Bonchev–Trinajstić information content (AvgIpc) is 2.73. The smallest absolute Gasteiger partial charge is 0.326 e. The van der Waals surface area contributed by atoms with Crippen LogP contribution in [0.1, 0.15) is 18.1 Å². The van der Waals surface area contributed by atoms with Crippen LogP contribution >= 0.6 is 0 Å². The maximum atomic E-state index is 11.4. The molecule has 5 N–H and O–H groups in total. The first-order valence-electron chi connectivity index (χ1n) is 5.73. The lowest BCUT2D eigenvalue weighted by Gasteiger charge is -2.13. The van der Waals surface area contributed by atoms with Gasteiger partial charge in [-0.2, -0.15) is 4.98 Å². The summed E-state index contributed by atoms with van der Waals surface area (Å²) in [5.74, 6) is -1.32. The SMILES string of the molecule is Cc1noc(CCNC(=O)N[C@@H](CC(N)=O)C(=O)O)n1. The van der Waals surface area contributed by atoms with Gasteiger partial charge in [-0.1, -0.05) is 5.16 Å². The lowest BCUT2D eigenvalue weighted by Crippen LogP contribution is -2.48. The zero-order valence-corrected chi connectivity index (χ0v) is 10.8. The largest absolute Gasteiger partial charge is 0.480 e. The summed E-state index contributed by atoms with van der Waals surface area (Å²) < 4.78 is 4.83. The topological polar surface area (TPSA) is 160 Å². The number of nitrogens with zero attached hydrogens (tertiary/aromatic N) is 2. The predicted molar refractivity (Wildman–Crippen MR) is 64.5 cm³/mol. The number of aliphatic carboxylic acids is 1. The van der Waals surface area contributed by atoms with Crippen molar-refractivity contribution in [2.24, 2.45) is 5.73 Å². The Labute approximate surface area is 113 Å². The third-order valence-corrected chi connectivity index (χ3v) is 2.20. The number of carbonyl (C=O) groups is 3. The third kappa shape index (κ3) is 5.33. The molecule has 0 fully saturated rings. The number of hydrogen-bond acceptors (Lipinski definition) is 6. The van der Waals surface area contributed by atoms with E-state index in [4.69, 9.17) is 15.4 Å². The molecule has 0 bridgehead atoms. The van der Waals surface area contributed by atoms with E-state index in [1.807, 2.05) is 0 Å². The number of aromatic nitrogens is 2. The zero-order valence-electron chi connectivity index (χ0n) is 10.8. The molecule has 0 saturated carbocycles. The molecule has 10 heteroatoms. The Morgan fingerprint density at radius 3 is 2.65 bits per heavy atom. The van der Waals surface area contributed by atoms with Crippen LogP contribution in [-0.4, -0.2) is 45.7 Å². The van der Waals surface area contributed by atoms with E-state index in [0.717, 1.165) is 0 Å². The van der Waals surface area contributed by atoms with Gasteiger partial charge < -0.3 is 26.0 Å². The minimum atomic E-state index is -1.36. The summed E-state index contributed by atoms with van der Waals surface area (Å²) in [6.45, 7) is 1.84. The van der Waals surface area contributed by atoms with Crippen molar-refractivity contribution in [3.63, 3.8) is 0 Å². The van der Waals surface area contributed by atoms with Crippen molar-refractivity contribution in [3.8, 4) is 0 Å². The number of carbonyl (C=O) groups excluding carboxylic acids is 2. The fourth-order valence-corrected chi connectivity index (χ4v) is 1.34. The molecule has 1 aromatic rings. The fourth-order valence-electron chi connectivity index (χ4n) is 1.34. The van der Waals surface area contributed by atoms with E-state index in [1.165, 1.54) is 0 Å². The van der Waals surface area contributed by atoms with E-state index in [9.17, 15) is 14.4 Å². The van der Waals surface area contributed by atoms with Crippen LogP contribution in [0.5, 0.6) is 0 Å². The Bertz CT molecular complexity index is 500. The van der Waals surface area contributed by atoms with Crippen LogP contribution in [0.25, 0.3) is 0 Å². The van der Waals surface area contributed by atoms with Gasteiger partial charge >= 0.3 is 12.0 Å². The molecule has 0 aliphatic rings. The Balaban J connectivity index is 2.34. The number of hydrogen-bond donors (Lipinski definition) is 4. The van der Waals surface area contributed by atoms with Crippen LogP contribution in [0.2, 0.25) is 0 Å². The van der Waals surface area contributed by atoms with Crippen molar-refractivity contribution in [3.05, 3.63) is 11.7 Å². The second-order valence-electron chi connectivity index (χ2n) is 3.95. The number of primary amides is 1. The maximum Gasteiger partial charge on any atom is 0.326 e. The summed E-state index contributed by atoms with van der Waals surface area (Å²) in [7, 11) is 0. The normalized spacial score (nSPS) is 11.7. The highest BCUT2D eigenvalue weighted by Gasteiger charge is 2.21. The summed E-state index contributed by atoms with van der Waals surface area (Å²) in [6, 6.07) is -2.09. The molecule has 0 saturated heterocycles. The van der Waals surface area contributed by atoms with E-state index in [0.29, 0.717) is 18.1 Å². The molecule has 1 aromatic heterocycles. The lowest BCUT2D eigenvalue weighted by atomic mass is 10.2. The summed E-state index contributed by atoms with van der Waals surface area (Å²) in [5.41, 5.74) is 4.88. The Kier molecular flexibility index (Phi) is 5.44. The van der Waals surface area contributed by atoms with Crippen LogP contribution in [-0.2, 0) is 16.0 Å². The van der Waals surface area contributed by atoms with Crippen molar-refractivity contribution in [2.45, 2.75) is 25.8 Å². The van der Waals surface area contributed by atoms with Gasteiger partial charge in [-0.3, -0.25) is 4.79 Å². The molecule has 0 aliphatic heterocycles. The molecular weight excluding hydrogens is 270 g/mol. The maximum absolute atomic E-state index is 11.4. The second kappa shape index (κ2) is 7.07. The summed E-state index contributed by atoms with van der Waals surface area (Å²) >= 11 is 0. The number of nitrogens with one attached hydrogen (secondary N) is 2. The predicted octanol–water partition coefficient (Wildman–Crippen LogP) is -1.45. The van der Waals surface area contributed by atoms with Crippen LogP contribution in [0, 0.1) is 6.92 Å². The lowest BCUT2D eigenvalue weighted by molar-refractivity contribution is -0.140. The van der Waals surface area contributed by atoms with Gasteiger partial charge in [0.25, 0.3) is 0 Å². The minimum absolute atomic E-state index is 0.177. The molecule has 0 radical (unpaired) electrons. The van der Waals surface area contributed by atoms with Crippen molar-refractivity contribution in [1.29, 1.82) is 0 Å². The van der Waals surface area contributed by atoms with Crippen LogP contribution in [0.15, 0.2) is 4.52 Å². The van der Waals surface area contributed by atoms with E-state index in [-0.39, 0.29) is 6.54 Å². The van der Waals surface area contributed by atoms with Crippen molar-refractivity contribution < 1.29 is 24.0 Å². The molecule has 10 nitrogen and oxygen atoms in total. The van der Waals surface area contributed by atoms with Crippen molar-refractivity contribution in [2.75, 3.05) is 6.54 Å². The highest BCUT2D eigenvalue weighted by Crippen LogP contribution is 1.96. The van der Waals surface area contributed by atoms with Gasteiger partial charge in [0.1, 0.15) is 6.04 Å². The molecule has 0 aromatic carbocycles. The molecular formula is C10H15N5O5. The molecule has 1 atom stereocenters. The van der Waals surface area contributed by atoms with Gasteiger partial charge in [0.05, 0.1) is 6.42 Å². The zero-order chi connectivity index (χ0) is 15.1. The molecule has 1 heterocycles. The number of carboxylic acid groups (broad SMARTS) is 1. The van der Waals surface area contributed by atoms with Crippen LogP contribution in [0.4, 0.5) is 4.79 Å². The van der Waals surface area contributed by atoms with E-state index in [2.05, 4.69) is 20.8 Å². The number of nitrogens with two attached hydrogens (primary N) is 1. The monoisotopic (exact) mass is 285 g/mol. The molecule has 110 valence electrons. The number of carboxylic acids is 1. The fraction of sp³-hybridized carbons (Fsp3) is 0.500. The average molecular weight is 285 g/mol. The highest BCUT2D eigenvalue weighted by molar-refractivity contribution is 5.87. The van der Waals surface area contributed by atoms with Gasteiger partial charge in [0.2, 0.25) is 11.8 Å². The van der Waals surface area contributed by atoms with Gasteiger partial charge in [-0.25, -0.2) is 9.59 Å². The first kappa shape index (κ1) is 15.4. The molecule has 0 spiro atoms. The quantitative estimate of drug-likeness (QED) is 0.476. The molecule has 20 heavy (non-hydrogen) atoms. The summed E-state index contributed by atoms with van der Waals surface area (Å²) in [4.78, 5) is 36.8. The van der Waals surface area contributed by atoms with Gasteiger partial charge in [-0.15, -0.1) is 0 Å². The molecule has 1 rings (SSSR count). The molecule has 0 aliphatic carbocycles. The highest BCUT2D eigenvalue weighted by atomic mass is 16.5. The number of aryl methyl sites for hydroxylation is 1. The van der Waals surface area contributed by atoms with E-state index >= 15 is 0 Å². The van der Waals surface area contributed by atoms with Crippen LogP contribution in [0.3, 0.4) is 0 Å². The standard InChI is InChI=1S/C10H15N5O5/c1-5-13-8(20-15-5)2-3-12-10(19)14-6(9(17)18)4-7(11)16/h6H,2-4H2,1H3,(H2,11,16)(H,17,18)(H2,12,14,19)/t6-/m0/s1. The Morgan fingerprint density at radius 1 is 1.45 bits per heavy atom. The van der Waals surface area contributed by atoms with Gasteiger partial charge in [0.15, 0.2) is 5.82 Å². The van der Waals surface area contributed by atoms with Gasteiger partial charge in [0, 0.05) is 13.0 Å². The minimum Gasteiger partial charge on any atom is -0.480 e. The number of rotatable bonds is 7. The van der Waals surface area contributed by atoms with Crippen LogP contribution < -0.4 is 16.4 Å². The third-order valence-electron chi connectivity index (χ3n) is 2.20. The summed E-state index contributed by atoms with van der Waals surface area (Å²) in [6.07, 6.45) is -0.173. The molecule has 0 unspecified atom stereocenters. The number of amides is 3. The van der Waals surface area contributed by atoms with Gasteiger partial charge in [-0.05, 0) is 6.92 Å². The Hall–Kier alpha value is -2.65. The second-order valence-corrected chi connectivity index (χ2v) is 3.95. The van der Waals surface area contributed by atoms with E-state index < -0.39 is 30.4 Å². The number of urea groups is 1. The first-order valence-corrected chi connectivity index (χ1v) is 5.73. The van der Waals surface area contributed by atoms with Crippen molar-refractivity contribution in [1.82, 2.24) is 20.8 Å². The molecule has 3 amide bonds. The first-order chi connectivity index (χ1) is 9.38. The summed E-state index contributed by atoms with van der Waals surface area (Å²) in [5, 5.41) is 16.9. The van der Waals surface area contributed by atoms with E-state index in [1.54, 1.807) is 6.92 Å². The Morgan fingerprint density at radius 2 is 2.15 bits per heavy atom.